The summed E-state index contributed by atoms with van der Waals surface area (Å²) in [4.78, 5) is 36.6. The lowest BCUT2D eigenvalue weighted by molar-refractivity contribution is -0.135. The summed E-state index contributed by atoms with van der Waals surface area (Å²) in [5.41, 5.74) is 3.02. The highest BCUT2D eigenvalue weighted by Crippen LogP contribution is 2.34. The summed E-state index contributed by atoms with van der Waals surface area (Å²) in [6.45, 7) is 3.05. The Balaban J connectivity index is 1.23. The maximum Gasteiger partial charge on any atom is 0.256 e. The Morgan fingerprint density at radius 3 is 2.59 bits per heavy atom. The van der Waals surface area contributed by atoms with Gasteiger partial charge in [-0.15, -0.1) is 0 Å². The van der Waals surface area contributed by atoms with Gasteiger partial charge in [0.05, 0.1) is 17.6 Å². The van der Waals surface area contributed by atoms with Crippen LogP contribution in [0, 0.1) is 12.8 Å². The third-order valence-corrected chi connectivity index (χ3v) is 7.98. The number of hydrogen-bond donors (Lipinski definition) is 3. The minimum absolute atomic E-state index is 0.119. The molecule has 10 nitrogen and oxygen atoms in total. The van der Waals surface area contributed by atoms with Gasteiger partial charge in [-0.2, -0.15) is 9.97 Å². The third-order valence-electron chi connectivity index (χ3n) is 7.98. The highest BCUT2D eigenvalue weighted by atomic mass is 19.3. The van der Waals surface area contributed by atoms with Gasteiger partial charge in [0.15, 0.2) is 5.65 Å². The molecule has 0 spiro atoms. The molecule has 1 amide bonds. The number of anilines is 2. The van der Waals surface area contributed by atoms with Crippen molar-refractivity contribution in [2.24, 2.45) is 5.92 Å². The first-order valence-corrected chi connectivity index (χ1v) is 13.7. The number of H-pyrrole nitrogens is 1. The van der Waals surface area contributed by atoms with Crippen molar-refractivity contribution in [3.05, 3.63) is 24.2 Å². The van der Waals surface area contributed by atoms with E-state index in [1.165, 1.54) is 4.57 Å². The smallest absolute Gasteiger partial charge is 0.256 e. The van der Waals surface area contributed by atoms with E-state index in [2.05, 4.69) is 20.6 Å². The second-order valence-electron chi connectivity index (χ2n) is 10.5. The van der Waals surface area contributed by atoms with Gasteiger partial charge in [-0.3, -0.25) is 4.79 Å². The Hall–Kier alpha value is -3.83. The van der Waals surface area contributed by atoms with Crippen LogP contribution in [0.5, 0.6) is 0 Å². The van der Waals surface area contributed by atoms with E-state index in [0.29, 0.717) is 46.0 Å². The molecule has 1 aliphatic heterocycles. The number of pyridine rings is 1. The molecule has 39 heavy (non-hydrogen) atoms. The molecule has 3 N–H and O–H groups in total. The minimum atomic E-state index is -2.50. The number of aromatic nitrogens is 6. The van der Waals surface area contributed by atoms with Crippen LogP contribution in [0.2, 0.25) is 0 Å². The van der Waals surface area contributed by atoms with E-state index in [9.17, 15) is 13.6 Å². The number of alkyl halides is 2. The third kappa shape index (κ3) is 4.87. The molecular weight excluding hydrogens is 504 g/mol. The number of fused-ring (bicyclic) bond motifs is 2. The number of likely N-dealkylation sites (tertiary alicyclic amines) is 1. The van der Waals surface area contributed by atoms with Crippen LogP contribution >= 0.6 is 0 Å². The van der Waals surface area contributed by atoms with Crippen LogP contribution in [0.15, 0.2) is 18.3 Å². The summed E-state index contributed by atoms with van der Waals surface area (Å²) < 4.78 is 27.8. The molecule has 0 radical (unpaired) electrons. The van der Waals surface area contributed by atoms with Gasteiger partial charge in [-0.1, -0.05) is 0 Å². The summed E-state index contributed by atoms with van der Waals surface area (Å²) >= 11 is 0. The van der Waals surface area contributed by atoms with Crippen LogP contribution in [0.3, 0.4) is 0 Å². The average molecular weight is 538 g/mol. The van der Waals surface area contributed by atoms with Crippen LogP contribution in [-0.4, -0.2) is 72.9 Å². The van der Waals surface area contributed by atoms with Crippen molar-refractivity contribution in [2.75, 3.05) is 30.8 Å². The number of carbonyl (C=O) groups excluding carboxylic acids is 1. The molecule has 2 aliphatic rings. The number of hydrogen-bond acceptors (Lipinski definition) is 7. The second kappa shape index (κ2) is 10.4. The van der Waals surface area contributed by atoms with E-state index >= 15 is 0 Å². The maximum absolute atomic E-state index is 13.2. The van der Waals surface area contributed by atoms with Crippen molar-refractivity contribution >= 4 is 39.9 Å². The topological polar surface area (TPSA) is 117 Å². The molecule has 12 heteroatoms. The van der Waals surface area contributed by atoms with Crippen LogP contribution < -0.4 is 10.6 Å². The highest BCUT2D eigenvalue weighted by molar-refractivity contribution is 6.01. The lowest BCUT2D eigenvalue weighted by Gasteiger charge is -2.30. The van der Waals surface area contributed by atoms with Crippen molar-refractivity contribution < 1.29 is 13.6 Å². The van der Waals surface area contributed by atoms with E-state index in [1.54, 1.807) is 20.0 Å². The molecule has 0 unspecified atom stereocenters. The predicted molar refractivity (Wildman–Crippen MR) is 146 cm³/mol. The highest BCUT2D eigenvalue weighted by Gasteiger charge is 2.31. The summed E-state index contributed by atoms with van der Waals surface area (Å²) in [6.07, 6.45) is 5.07. The molecule has 6 rings (SSSR count). The Bertz CT molecular complexity index is 1500. The van der Waals surface area contributed by atoms with Crippen LogP contribution in [0.4, 0.5) is 20.5 Å². The number of aryl methyl sites for hydroxylation is 1. The van der Waals surface area contributed by atoms with Gasteiger partial charge in [-0.05, 0) is 57.6 Å². The minimum Gasteiger partial charge on any atom is -0.372 e. The Morgan fingerprint density at radius 2 is 1.87 bits per heavy atom. The number of amides is 1. The number of halogens is 2. The van der Waals surface area contributed by atoms with Crippen LogP contribution in [-0.2, 0) is 11.3 Å². The molecule has 0 aromatic carbocycles. The zero-order chi connectivity index (χ0) is 27.1. The van der Waals surface area contributed by atoms with Crippen LogP contribution in [0.1, 0.15) is 44.3 Å². The normalized spacial score (nSPS) is 19.9. The molecular formula is C27H33F2N9O. The average Bonchev–Trinajstić information content (AvgIpc) is 3.68. The summed E-state index contributed by atoms with van der Waals surface area (Å²) in [5.74, 6) is 2.09. The molecule has 4 aromatic heterocycles. The van der Waals surface area contributed by atoms with Crippen molar-refractivity contribution in [1.29, 1.82) is 0 Å². The molecule has 0 atom stereocenters. The lowest BCUT2D eigenvalue weighted by Crippen LogP contribution is -2.37. The largest absolute Gasteiger partial charge is 0.372 e. The monoisotopic (exact) mass is 537 g/mol. The summed E-state index contributed by atoms with van der Waals surface area (Å²) in [6, 6.07) is 3.83. The van der Waals surface area contributed by atoms with Gasteiger partial charge in [0.25, 0.3) is 6.43 Å². The number of carbonyl (C=O) groups is 1. The van der Waals surface area contributed by atoms with E-state index in [4.69, 9.17) is 15.0 Å². The van der Waals surface area contributed by atoms with Crippen molar-refractivity contribution in [3.63, 3.8) is 0 Å². The lowest BCUT2D eigenvalue weighted by atomic mass is 9.85. The van der Waals surface area contributed by atoms with Crippen molar-refractivity contribution in [2.45, 2.75) is 64.5 Å². The van der Waals surface area contributed by atoms with Gasteiger partial charge >= 0.3 is 0 Å². The Labute approximate surface area is 224 Å². The Kier molecular flexibility index (Phi) is 6.78. The SMILES string of the molecule is CNc1nc(NC2CCC(C(=O)N3CCCC3)CC2)nc2[nH]cc(-c3ccc4nc(C)n(CC(F)F)c4n3)c12. The van der Waals surface area contributed by atoms with Crippen molar-refractivity contribution in [3.8, 4) is 11.3 Å². The zero-order valence-corrected chi connectivity index (χ0v) is 22.2. The number of nitrogens with zero attached hydrogens (tertiary/aromatic N) is 6. The molecule has 1 saturated carbocycles. The quantitative estimate of drug-likeness (QED) is 0.316. The first-order valence-electron chi connectivity index (χ1n) is 13.7. The van der Waals surface area contributed by atoms with Crippen LogP contribution in [0.25, 0.3) is 33.5 Å². The molecule has 0 bridgehead atoms. The molecule has 4 aromatic rings. The number of imidazole rings is 1. The number of aromatic amines is 1. The predicted octanol–water partition coefficient (Wildman–Crippen LogP) is 4.58. The van der Waals surface area contributed by atoms with Gasteiger partial charge in [-0.25, -0.2) is 18.7 Å². The van der Waals surface area contributed by atoms with E-state index in [1.807, 2.05) is 17.2 Å². The molecule has 2 fully saturated rings. The maximum atomic E-state index is 13.2. The van der Waals surface area contributed by atoms with Crippen molar-refractivity contribution in [1.82, 2.24) is 34.4 Å². The van der Waals surface area contributed by atoms with Gasteiger partial charge in [0.1, 0.15) is 22.8 Å². The molecule has 1 aliphatic carbocycles. The standard InChI is InChI=1S/C27H33F2N9O/c1-15-32-20-10-9-19(34-25(20)38(15)14-21(28)29)18-13-31-24-22(18)23(30-2)35-27(36-24)33-17-7-5-16(6-8-17)26(39)37-11-3-4-12-37/h9-10,13,16-17,21H,3-8,11-12,14H2,1-2H3,(H3,30,31,33,35,36). The fraction of sp³-hybridized carbons (Fsp3) is 0.519. The van der Waals surface area contributed by atoms with Gasteiger partial charge < -0.3 is 25.1 Å². The van der Waals surface area contributed by atoms with Gasteiger partial charge in [0, 0.05) is 43.9 Å². The number of nitrogens with one attached hydrogen (secondary N) is 3. The number of rotatable bonds is 7. The van der Waals surface area contributed by atoms with E-state index in [0.717, 1.165) is 62.6 Å². The first kappa shape index (κ1) is 25.4. The fourth-order valence-corrected chi connectivity index (χ4v) is 5.96. The molecule has 5 heterocycles. The molecule has 206 valence electrons. The van der Waals surface area contributed by atoms with E-state index in [-0.39, 0.29) is 12.0 Å². The fourth-order valence-electron chi connectivity index (χ4n) is 5.96. The second-order valence-corrected chi connectivity index (χ2v) is 10.5. The van der Waals surface area contributed by atoms with Gasteiger partial charge in [0.2, 0.25) is 11.9 Å². The Morgan fingerprint density at radius 1 is 1.10 bits per heavy atom. The molecule has 1 saturated heterocycles. The summed E-state index contributed by atoms with van der Waals surface area (Å²) in [5, 5.41) is 7.41. The van der Waals surface area contributed by atoms with E-state index < -0.39 is 13.0 Å². The first-order chi connectivity index (χ1) is 18.9. The summed E-state index contributed by atoms with van der Waals surface area (Å²) in [7, 11) is 1.80. The zero-order valence-electron chi connectivity index (χ0n) is 22.2.